The summed E-state index contributed by atoms with van der Waals surface area (Å²) in [4.78, 5) is 10.3. The summed E-state index contributed by atoms with van der Waals surface area (Å²) in [6.45, 7) is 3.78. The summed E-state index contributed by atoms with van der Waals surface area (Å²) in [5.74, 6) is -1.98. The molecule has 0 rings (SSSR count). The monoisotopic (exact) mass is 177 g/mol. The van der Waals surface area contributed by atoms with Crippen molar-refractivity contribution in [2.24, 2.45) is 5.73 Å². The van der Waals surface area contributed by atoms with Gasteiger partial charge in [0, 0.05) is 13.2 Å². The van der Waals surface area contributed by atoms with E-state index in [1.165, 1.54) is 0 Å². The summed E-state index contributed by atoms with van der Waals surface area (Å²) in [6.07, 6.45) is 0.380. The molecule has 0 fully saturated rings. The van der Waals surface area contributed by atoms with Gasteiger partial charge in [0.2, 0.25) is 0 Å². The smallest absolute Gasteiger partial charge is 0.303 e. The molecule has 0 aliphatic carbocycles. The van der Waals surface area contributed by atoms with Gasteiger partial charge in [0.1, 0.15) is 12.3 Å². The summed E-state index contributed by atoms with van der Waals surface area (Å²) < 4.78 is 9.60. The number of carbonyl (C=O) groups is 1. The molecule has 0 unspecified atom stereocenters. The van der Waals surface area contributed by atoms with Gasteiger partial charge in [-0.05, 0) is 13.8 Å². The number of hydrogen-bond acceptors (Lipinski definition) is 5. The third-order valence-electron chi connectivity index (χ3n) is 1.27. The topological polar surface area (TPSA) is 81.8 Å². The van der Waals surface area contributed by atoms with Crippen LogP contribution in [0.2, 0.25) is 0 Å². The van der Waals surface area contributed by atoms with Crippen molar-refractivity contribution in [2.45, 2.75) is 25.9 Å². The zero-order chi connectivity index (χ0) is 9.61. The van der Waals surface area contributed by atoms with Crippen LogP contribution in [-0.4, -0.2) is 36.6 Å². The Kier molecular flexibility index (Phi) is 5.00. The van der Waals surface area contributed by atoms with Crippen LogP contribution in [0.5, 0.6) is 0 Å². The SMILES string of the molecule is CCOC(O)(OCC)[C@H](N)C=O. The summed E-state index contributed by atoms with van der Waals surface area (Å²) in [7, 11) is 0. The van der Waals surface area contributed by atoms with Gasteiger partial charge in [-0.1, -0.05) is 0 Å². The second-order valence-electron chi connectivity index (χ2n) is 2.16. The molecule has 0 aromatic heterocycles. The molecular formula is C7H15NO4. The fourth-order valence-corrected chi connectivity index (χ4v) is 0.734. The summed E-state index contributed by atoms with van der Waals surface area (Å²) in [5.41, 5.74) is 5.26. The lowest BCUT2D eigenvalue weighted by atomic mass is 10.3. The van der Waals surface area contributed by atoms with Crippen LogP contribution < -0.4 is 5.73 Å². The van der Waals surface area contributed by atoms with Crippen LogP contribution in [0.1, 0.15) is 13.8 Å². The molecule has 12 heavy (non-hydrogen) atoms. The first-order chi connectivity index (χ1) is 5.60. The molecule has 0 aromatic carbocycles. The number of carbonyl (C=O) groups excluding carboxylic acids is 1. The van der Waals surface area contributed by atoms with E-state index in [0.717, 1.165) is 0 Å². The highest BCUT2D eigenvalue weighted by Gasteiger charge is 2.36. The lowest BCUT2D eigenvalue weighted by Crippen LogP contribution is -2.53. The van der Waals surface area contributed by atoms with Gasteiger partial charge in [-0.2, -0.15) is 0 Å². The van der Waals surface area contributed by atoms with Gasteiger partial charge in [-0.3, -0.25) is 0 Å². The van der Waals surface area contributed by atoms with E-state index in [9.17, 15) is 9.90 Å². The minimum absolute atomic E-state index is 0.220. The molecule has 72 valence electrons. The standard InChI is InChI=1S/C7H15NO4/c1-3-11-7(10,12-4-2)6(8)5-9/h5-6,10H,3-4,8H2,1-2H3/t6-/m1/s1. The van der Waals surface area contributed by atoms with Crippen molar-refractivity contribution in [1.82, 2.24) is 0 Å². The molecule has 0 bridgehead atoms. The first-order valence-corrected chi connectivity index (χ1v) is 3.81. The number of hydrogen-bond donors (Lipinski definition) is 2. The normalized spacial score (nSPS) is 14.3. The van der Waals surface area contributed by atoms with Crippen LogP contribution in [0.4, 0.5) is 0 Å². The van der Waals surface area contributed by atoms with Crippen molar-refractivity contribution in [3.8, 4) is 0 Å². The van der Waals surface area contributed by atoms with Gasteiger partial charge >= 0.3 is 5.97 Å². The predicted octanol–water partition coefficient (Wildman–Crippen LogP) is -0.768. The molecule has 0 saturated carbocycles. The summed E-state index contributed by atoms with van der Waals surface area (Å²) >= 11 is 0. The Bertz CT molecular complexity index is 133. The van der Waals surface area contributed by atoms with Crippen LogP contribution in [0.3, 0.4) is 0 Å². The van der Waals surface area contributed by atoms with Crippen molar-refractivity contribution in [3.05, 3.63) is 0 Å². The second kappa shape index (κ2) is 5.21. The maximum absolute atomic E-state index is 10.3. The van der Waals surface area contributed by atoms with Gasteiger partial charge in [-0.15, -0.1) is 0 Å². The lowest BCUT2D eigenvalue weighted by Gasteiger charge is -2.29. The van der Waals surface area contributed by atoms with Crippen molar-refractivity contribution < 1.29 is 19.4 Å². The fraction of sp³-hybridized carbons (Fsp3) is 0.857. The van der Waals surface area contributed by atoms with Gasteiger partial charge in [-0.25, -0.2) is 0 Å². The van der Waals surface area contributed by atoms with Crippen LogP contribution in [0, 0.1) is 0 Å². The van der Waals surface area contributed by atoms with E-state index >= 15 is 0 Å². The van der Waals surface area contributed by atoms with Crippen LogP contribution in [-0.2, 0) is 14.3 Å². The molecule has 5 nitrogen and oxygen atoms in total. The van der Waals surface area contributed by atoms with Gasteiger partial charge in [0.25, 0.3) is 0 Å². The first kappa shape index (κ1) is 11.5. The molecule has 0 heterocycles. The largest absolute Gasteiger partial charge is 0.342 e. The Morgan fingerprint density at radius 3 is 2.17 bits per heavy atom. The molecule has 0 saturated heterocycles. The molecule has 0 aliphatic rings. The summed E-state index contributed by atoms with van der Waals surface area (Å²) in [5, 5.41) is 9.48. The van der Waals surface area contributed by atoms with Crippen molar-refractivity contribution in [1.29, 1.82) is 0 Å². The zero-order valence-corrected chi connectivity index (χ0v) is 7.32. The van der Waals surface area contributed by atoms with Crippen molar-refractivity contribution in [3.63, 3.8) is 0 Å². The maximum Gasteiger partial charge on any atom is 0.303 e. The highest BCUT2D eigenvalue weighted by atomic mass is 16.8. The zero-order valence-electron chi connectivity index (χ0n) is 7.32. The Balaban J connectivity index is 4.25. The Labute approximate surface area is 71.5 Å². The maximum atomic E-state index is 10.3. The molecule has 1 atom stereocenters. The van der Waals surface area contributed by atoms with E-state index in [-0.39, 0.29) is 13.2 Å². The van der Waals surface area contributed by atoms with E-state index in [4.69, 9.17) is 15.2 Å². The fourth-order valence-electron chi connectivity index (χ4n) is 0.734. The highest BCUT2D eigenvalue weighted by Crippen LogP contribution is 2.11. The quantitative estimate of drug-likeness (QED) is 0.411. The first-order valence-electron chi connectivity index (χ1n) is 3.81. The number of nitrogens with two attached hydrogens (primary N) is 1. The lowest BCUT2D eigenvalue weighted by molar-refractivity contribution is -0.360. The third-order valence-corrected chi connectivity index (χ3v) is 1.27. The van der Waals surface area contributed by atoms with E-state index in [1.54, 1.807) is 13.8 Å². The van der Waals surface area contributed by atoms with Crippen LogP contribution in [0.25, 0.3) is 0 Å². The van der Waals surface area contributed by atoms with Gasteiger partial charge in [0.15, 0.2) is 0 Å². The van der Waals surface area contributed by atoms with E-state index in [1.807, 2.05) is 0 Å². The molecular weight excluding hydrogens is 162 g/mol. The van der Waals surface area contributed by atoms with E-state index in [2.05, 4.69) is 0 Å². The average molecular weight is 177 g/mol. The highest BCUT2D eigenvalue weighted by molar-refractivity contribution is 5.58. The Hall–Kier alpha value is -0.490. The van der Waals surface area contributed by atoms with Crippen molar-refractivity contribution in [2.75, 3.05) is 13.2 Å². The van der Waals surface area contributed by atoms with Crippen molar-refractivity contribution >= 4 is 6.29 Å². The number of aliphatic hydroxyl groups is 1. The van der Waals surface area contributed by atoms with Crippen LogP contribution in [0.15, 0.2) is 0 Å². The molecule has 0 aromatic rings. The van der Waals surface area contributed by atoms with E-state index < -0.39 is 12.0 Å². The minimum atomic E-state index is -1.98. The molecule has 0 spiro atoms. The Morgan fingerprint density at radius 2 is 1.92 bits per heavy atom. The third kappa shape index (κ3) is 2.86. The van der Waals surface area contributed by atoms with E-state index in [0.29, 0.717) is 6.29 Å². The molecule has 5 heteroatoms. The number of rotatable bonds is 6. The number of aldehydes is 1. The van der Waals surface area contributed by atoms with Crippen LogP contribution >= 0.6 is 0 Å². The minimum Gasteiger partial charge on any atom is -0.342 e. The Morgan fingerprint density at radius 1 is 1.50 bits per heavy atom. The molecule has 0 radical (unpaired) electrons. The molecule has 0 aliphatic heterocycles. The molecule has 3 N–H and O–H groups in total. The average Bonchev–Trinajstić information content (AvgIpc) is 2.04. The number of ether oxygens (including phenoxy) is 2. The molecule has 0 amide bonds. The predicted molar refractivity (Wildman–Crippen MR) is 42.2 cm³/mol. The van der Waals surface area contributed by atoms with Gasteiger partial charge in [0.05, 0.1) is 0 Å². The van der Waals surface area contributed by atoms with Gasteiger partial charge < -0.3 is 25.1 Å². The summed E-state index contributed by atoms with van der Waals surface area (Å²) in [6, 6.07) is -1.18. The second-order valence-corrected chi connectivity index (χ2v) is 2.16.